The van der Waals surface area contributed by atoms with Gasteiger partial charge in [0, 0.05) is 11.8 Å². The quantitative estimate of drug-likeness (QED) is 0.491. The molecule has 2 aromatic rings. The lowest BCUT2D eigenvalue weighted by Crippen LogP contribution is -2.13. The maximum absolute atomic E-state index is 6.47. The van der Waals surface area contributed by atoms with E-state index in [2.05, 4.69) is 66.4 Å². The van der Waals surface area contributed by atoms with Gasteiger partial charge in [0.2, 0.25) is 0 Å². The van der Waals surface area contributed by atoms with E-state index in [9.17, 15) is 0 Å². The van der Waals surface area contributed by atoms with E-state index >= 15 is 0 Å². The summed E-state index contributed by atoms with van der Waals surface area (Å²) in [6, 6.07) is 8.41. The van der Waals surface area contributed by atoms with E-state index in [1.165, 1.54) is 22.3 Å². The summed E-state index contributed by atoms with van der Waals surface area (Å²) >= 11 is 0. The lowest BCUT2D eigenvalue weighted by Gasteiger charge is -2.28. The molecule has 0 bridgehead atoms. The highest BCUT2D eigenvalue weighted by atomic mass is 16.5. The van der Waals surface area contributed by atoms with Gasteiger partial charge >= 0.3 is 0 Å². The number of benzene rings is 1. The summed E-state index contributed by atoms with van der Waals surface area (Å²) in [5.41, 5.74) is 6.67. The molecule has 2 heteroatoms. The molecule has 0 unspecified atom stereocenters. The van der Waals surface area contributed by atoms with Crippen LogP contribution in [0.25, 0.3) is 0 Å². The first kappa shape index (κ1) is 21.5. The highest BCUT2D eigenvalue weighted by Gasteiger charge is 2.24. The molecular formula is C25H37NO. The van der Waals surface area contributed by atoms with Gasteiger partial charge in [-0.1, -0.05) is 67.5 Å². The van der Waals surface area contributed by atoms with Gasteiger partial charge in [-0.05, 0) is 58.9 Å². The fourth-order valence-corrected chi connectivity index (χ4v) is 3.87. The lowest BCUT2D eigenvalue weighted by atomic mass is 9.80. The van der Waals surface area contributed by atoms with Crippen molar-refractivity contribution in [1.29, 1.82) is 0 Å². The smallest absolute Gasteiger partial charge is 0.130 e. The predicted molar refractivity (Wildman–Crippen MR) is 116 cm³/mol. The summed E-state index contributed by atoms with van der Waals surface area (Å²) in [5.74, 6) is 3.05. The molecule has 0 saturated carbocycles. The molecule has 2 rings (SSSR count). The second kappa shape index (κ2) is 9.39. The third-order valence-electron chi connectivity index (χ3n) is 4.97. The van der Waals surface area contributed by atoms with Gasteiger partial charge in [0.25, 0.3) is 0 Å². The normalized spacial score (nSPS) is 11.9. The van der Waals surface area contributed by atoms with Crippen molar-refractivity contribution in [1.82, 2.24) is 4.98 Å². The largest absolute Gasteiger partial charge is 0.487 e. The Labute approximate surface area is 166 Å². The first-order valence-corrected chi connectivity index (χ1v) is 10.4. The van der Waals surface area contributed by atoms with Gasteiger partial charge in [0.1, 0.15) is 12.4 Å². The summed E-state index contributed by atoms with van der Waals surface area (Å²) in [7, 11) is 0. The molecule has 148 valence electrons. The van der Waals surface area contributed by atoms with E-state index in [-0.39, 0.29) is 0 Å². The monoisotopic (exact) mass is 367 g/mol. The van der Waals surface area contributed by atoms with Crippen LogP contribution in [0.1, 0.15) is 101 Å². The van der Waals surface area contributed by atoms with Crippen molar-refractivity contribution in [3.63, 3.8) is 0 Å². The molecular weight excluding hydrogens is 330 g/mol. The molecule has 1 aromatic heterocycles. The Hall–Kier alpha value is -1.83. The molecule has 0 amide bonds. The molecule has 0 N–H and O–H groups in total. The maximum atomic E-state index is 6.47. The Morgan fingerprint density at radius 3 is 2.00 bits per heavy atom. The van der Waals surface area contributed by atoms with Gasteiger partial charge in [-0.25, -0.2) is 0 Å². The SMILES string of the molecule is CC(C)Cc1cc(C(C)C)c(OCc2ccccn2)c(C(C)C)c1C(C)C. The molecule has 0 saturated heterocycles. The molecule has 0 aliphatic carbocycles. The molecule has 27 heavy (non-hydrogen) atoms. The lowest BCUT2D eigenvalue weighted by molar-refractivity contribution is 0.292. The van der Waals surface area contributed by atoms with E-state index in [4.69, 9.17) is 4.74 Å². The minimum atomic E-state index is 0.422. The van der Waals surface area contributed by atoms with Crippen molar-refractivity contribution in [3.8, 4) is 5.75 Å². The van der Waals surface area contributed by atoms with E-state index in [1.807, 2.05) is 24.4 Å². The minimum Gasteiger partial charge on any atom is -0.487 e. The maximum Gasteiger partial charge on any atom is 0.130 e. The van der Waals surface area contributed by atoms with Crippen LogP contribution in [0.4, 0.5) is 0 Å². The van der Waals surface area contributed by atoms with Gasteiger partial charge in [-0.15, -0.1) is 0 Å². The van der Waals surface area contributed by atoms with Gasteiger partial charge in [0.15, 0.2) is 0 Å². The summed E-state index contributed by atoms with van der Waals surface area (Å²) in [6.07, 6.45) is 2.95. The highest BCUT2D eigenvalue weighted by Crippen LogP contribution is 2.42. The number of pyridine rings is 1. The van der Waals surface area contributed by atoms with Gasteiger partial charge < -0.3 is 4.74 Å². The molecule has 0 radical (unpaired) electrons. The van der Waals surface area contributed by atoms with Crippen molar-refractivity contribution in [3.05, 3.63) is 58.4 Å². The van der Waals surface area contributed by atoms with E-state index in [0.29, 0.717) is 30.3 Å². The number of ether oxygens (including phenoxy) is 1. The Morgan fingerprint density at radius 2 is 1.52 bits per heavy atom. The summed E-state index contributed by atoms with van der Waals surface area (Å²) in [6.45, 7) is 18.9. The third kappa shape index (κ3) is 5.34. The van der Waals surface area contributed by atoms with Crippen molar-refractivity contribution in [2.75, 3.05) is 0 Å². The summed E-state index contributed by atoms with van der Waals surface area (Å²) < 4.78 is 6.47. The Kier molecular flexibility index (Phi) is 7.47. The van der Waals surface area contributed by atoms with Crippen LogP contribution in [-0.4, -0.2) is 4.98 Å². The van der Waals surface area contributed by atoms with Crippen LogP contribution in [0.15, 0.2) is 30.5 Å². The van der Waals surface area contributed by atoms with Crippen molar-refractivity contribution in [2.24, 2.45) is 5.92 Å². The zero-order valence-electron chi connectivity index (χ0n) is 18.5. The minimum absolute atomic E-state index is 0.422. The topological polar surface area (TPSA) is 22.1 Å². The predicted octanol–water partition coefficient (Wildman–Crippen LogP) is 7.23. The van der Waals surface area contributed by atoms with Crippen LogP contribution >= 0.6 is 0 Å². The Bertz CT molecular complexity index is 730. The fraction of sp³-hybridized carbons (Fsp3) is 0.560. The second-order valence-electron chi connectivity index (χ2n) is 8.95. The molecule has 1 aromatic carbocycles. The van der Waals surface area contributed by atoms with E-state index in [0.717, 1.165) is 17.9 Å². The number of nitrogens with zero attached hydrogens (tertiary/aromatic N) is 1. The first-order chi connectivity index (χ1) is 12.7. The van der Waals surface area contributed by atoms with E-state index < -0.39 is 0 Å². The van der Waals surface area contributed by atoms with E-state index in [1.54, 1.807) is 0 Å². The fourth-order valence-electron chi connectivity index (χ4n) is 3.87. The zero-order chi connectivity index (χ0) is 20.1. The average molecular weight is 368 g/mol. The average Bonchev–Trinajstić information content (AvgIpc) is 2.59. The second-order valence-corrected chi connectivity index (χ2v) is 8.95. The number of hydrogen-bond donors (Lipinski definition) is 0. The Morgan fingerprint density at radius 1 is 0.852 bits per heavy atom. The molecule has 0 fully saturated rings. The number of rotatable bonds is 8. The van der Waals surface area contributed by atoms with Crippen LogP contribution < -0.4 is 4.74 Å². The number of hydrogen-bond acceptors (Lipinski definition) is 2. The van der Waals surface area contributed by atoms with Crippen molar-refractivity contribution < 1.29 is 4.74 Å². The molecule has 0 aliphatic heterocycles. The van der Waals surface area contributed by atoms with Gasteiger partial charge in [0.05, 0.1) is 5.69 Å². The Balaban J connectivity index is 2.62. The summed E-state index contributed by atoms with van der Waals surface area (Å²) in [5, 5.41) is 0. The standard InChI is InChI=1S/C25H37NO/c1-16(2)13-20-14-22(17(3)4)25(24(19(7)8)23(20)18(5)6)27-15-21-11-9-10-12-26-21/h9-12,14,16-19H,13,15H2,1-8H3. The van der Waals surface area contributed by atoms with Crippen molar-refractivity contribution in [2.45, 2.75) is 86.2 Å². The molecule has 0 atom stereocenters. The summed E-state index contributed by atoms with van der Waals surface area (Å²) in [4.78, 5) is 4.43. The van der Waals surface area contributed by atoms with Crippen LogP contribution in [0.3, 0.4) is 0 Å². The number of aromatic nitrogens is 1. The van der Waals surface area contributed by atoms with Crippen LogP contribution in [0.5, 0.6) is 5.75 Å². The first-order valence-electron chi connectivity index (χ1n) is 10.4. The van der Waals surface area contributed by atoms with Gasteiger partial charge in [-0.2, -0.15) is 0 Å². The van der Waals surface area contributed by atoms with Crippen LogP contribution in [0.2, 0.25) is 0 Å². The molecule has 0 aliphatic rings. The third-order valence-corrected chi connectivity index (χ3v) is 4.97. The zero-order valence-corrected chi connectivity index (χ0v) is 18.5. The van der Waals surface area contributed by atoms with Gasteiger partial charge in [-0.3, -0.25) is 4.98 Å². The van der Waals surface area contributed by atoms with Crippen LogP contribution in [-0.2, 0) is 13.0 Å². The van der Waals surface area contributed by atoms with Crippen LogP contribution in [0, 0.1) is 5.92 Å². The van der Waals surface area contributed by atoms with Crippen molar-refractivity contribution >= 4 is 0 Å². The molecule has 0 spiro atoms. The molecule has 1 heterocycles. The highest BCUT2D eigenvalue weighted by molar-refractivity contribution is 5.54. The molecule has 2 nitrogen and oxygen atoms in total.